The van der Waals surface area contributed by atoms with E-state index in [1.54, 1.807) is 0 Å². The van der Waals surface area contributed by atoms with Crippen LogP contribution in [0.15, 0.2) is 24.8 Å². The molecule has 24 heavy (non-hydrogen) atoms. The highest BCUT2D eigenvalue weighted by Gasteiger charge is 2.41. The van der Waals surface area contributed by atoms with Crippen molar-refractivity contribution >= 4 is 0 Å². The molecule has 2 fully saturated rings. The van der Waals surface area contributed by atoms with Gasteiger partial charge in [-0.15, -0.1) is 0 Å². The van der Waals surface area contributed by atoms with Gasteiger partial charge < -0.3 is 0 Å². The van der Waals surface area contributed by atoms with Gasteiger partial charge in [-0.25, -0.2) is 0 Å². The van der Waals surface area contributed by atoms with E-state index >= 15 is 0 Å². The molecule has 4 rings (SSSR count). The minimum absolute atomic E-state index is 0.489. The quantitative estimate of drug-likeness (QED) is 0.856. The first-order valence-corrected chi connectivity index (χ1v) is 9.00. The van der Waals surface area contributed by atoms with Crippen molar-refractivity contribution in [2.75, 3.05) is 26.2 Å². The molecular formula is C18H28N6. The Morgan fingerprint density at radius 2 is 1.46 bits per heavy atom. The predicted octanol–water partition coefficient (Wildman–Crippen LogP) is 1.64. The predicted molar refractivity (Wildman–Crippen MR) is 93.3 cm³/mol. The minimum atomic E-state index is 0.489. The summed E-state index contributed by atoms with van der Waals surface area (Å²) < 4.78 is 3.80. The topological polar surface area (TPSA) is 42.1 Å². The van der Waals surface area contributed by atoms with Gasteiger partial charge in [-0.3, -0.25) is 19.2 Å². The molecule has 4 heterocycles. The zero-order valence-electron chi connectivity index (χ0n) is 14.9. The summed E-state index contributed by atoms with van der Waals surface area (Å²) in [6, 6.07) is 0. The summed E-state index contributed by atoms with van der Waals surface area (Å²) in [7, 11) is 3.99. The van der Waals surface area contributed by atoms with Gasteiger partial charge in [0.1, 0.15) is 0 Å². The molecular weight excluding hydrogens is 300 g/mol. The molecule has 0 bridgehead atoms. The zero-order valence-corrected chi connectivity index (χ0v) is 14.9. The monoisotopic (exact) mass is 328 g/mol. The Balaban J connectivity index is 1.36. The summed E-state index contributed by atoms with van der Waals surface area (Å²) in [6.07, 6.45) is 12.3. The van der Waals surface area contributed by atoms with E-state index in [2.05, 4.69) is 32.4 Å². The van der Waals surface area contributed by atoms with Crippen LogP contribution in [-0.4, -0.2) is 55.5 Å². The van der Waals surface area contributed by atoms with Crippen LogP contribution in [0.1, 0.15) is 30.4 Å². The van der Waals surface area contributed by atoms with Crippen LogP contribution in [0, 0.1) is 5.41 Å². The van der Waals surface area contributed by atoms with Gasteiger partial charge in [-0.2, -0.15) is 10.2 Å². The molecule has 1 spiro atoms. The number of rotatable bonds is 4. The molecule has 0 radical (unpaired) electrons. The van der Waals surface area contributed by atoms with Crippen molar-refractivity contribution in [3.8, 4) is 0 Å². The lowest BCUT2D eigenvalue weighted by molar-refractivity contribution is 0.0866. The fourth-order valence-electron chi connectivity index (χ4n) is 4.56. The summed E-state index contributed by atoms with van der Waals surface area (Å²) in [5, 5.41) is 8.60. The van der Waals surface area contributed by atoms with E-state index in [4.69, 9.17) is 0 Å². The van der Waals surface area contributed by atoms with Gasteiger partial charge >= 0.3 is 0 Å². The lowest BCUT2D eigenvalue weighted by atomic mass is 9.79. The number of likely N-dealkylation sites (tertiary alicyclic amines) is 2. The van der Waals surface area contributed by atoms with Crippen LogP contribution >= 0.6 is 0 Å². The molecule has 2 aliphatic heterocycles. The number of hydrogen-bond donors (Lipinski definition) is 0. The highest BCUT2D eigenvalue weighted by atomic mass is 15.3. The van der Waals surface area contributed by atoms with Crippen LogP contribution in [0.4, 0.5) is 0 Å². The average molecular weight is 328 g/mol. The van der Waals surface area contributed by atoms with E-state index in [0.717, 1.165) is 13.1 Å². The van der Waals surface area contributed by atoms with Crippen molar-refractivity contribution in [3.63, 3.8) is 0 Å². The van der Waals surface area contributed by atoms with Crippen molar-refractivity contribution in [2.24, 2.45) is 19.5 Å². The van der Waals surface area contributed by atoms with Gasteiger partial charge in [-0.05, 0) is 37.8 Å². The van der Waals surface area contributed by atoms with Gasteiger partial charge in [0, 0.05) is 63.8 Å². The van der Waals surface area contributed by atoms with E-state index in [1.165, 1.54) is 56.6 Å². The van der Waals surface area contributed by atoms with Crippen molar-refractivity contribution < 1.29 is 0 Å². The van der Waals surface area contributed by atoms with Crippen LogP contribution in [-0.2, 0) is 27.2 Å². The molecule has 2 aromatic heterocycles. The van der Waals surface area contributed by atoms with Crippen LogP contribution in [0.25, 0.3) is 0 Å². The molecule has 0 aliphatic carbocycles. The standard InChI is InChI=1S/C18H28N6/c1-21-10-16(8-19-21)12-23-6-3-4-18(14-23)5-7-24(15-18)13-17-9-20-22(2)11-17/h8-11H,3-7,12-15H2,1-2H3/t18-/m0/s1. The third kappa shape index (κ3) is 3.39. The first kappa shape index (κ1) is 15.8. The molecule has 2 aromatic rings. The fraction of sp³-hybridized carbons (Fsp3) is 0.667. The maximum absolute atomic E-state index is 4.31. The third-order valence-electron chi connectivity index (χ3n) is 5.59. The highest BCUT2D eigenvalue weighted by Crippen LogP contribution is 2.39. The first-order chi connectivity index (χ1) is 11.6. The molecule has 2 aliphatic rings. The molecule has 0 unspecified atom stereocenters. The Kier molecular flexibility index (Phi) is 4.18. The van der Waals surface area contributed by atoms with Crippen molar-refractivity contribution in [3.05, 3.63) is 35.9 Å². The Bertz CT molecular complexity index is 689. The molecule has 0 amide bonds. The second-order valence-corrected chi connectivity index (χ2v) is 7.82. The summed E-state index contributed by atoms with van der Waals surface area (Å²) in [5.74, 6) is 0. The summed E-state index contributed by atoms with van der Waals surface area (Å²) >= 11 is 0. The van der Waals surface area contributed by atoms with Gasteiger partial charge in [0.15, 0.2) is 0 Å². The van der Waals surface area contributed by atoms with E-state index in [1.807, 2.05) is 35.9 Å². The number of nitrogens with zero attached hydrogens (tertiary/aromatic N) is 6. The average Bonchev–Trinajstić information content (AvgIpc) is 3.23. The van der Waals surface area contributed by atoms with Crippen LogP contribution in [0.3, 0.4) is 0 Å². The molecule has 2 saturated heterocycles. The second kappa shape index (κ2) is 6.33. The molecule has 0 aromatic carbocycles. The molecule has 6 heteroatoms. The lowest BCUT2D eigenvalue weighted by Gasteiger charge is -2.40. The minimum Gasteiger partial charge on any atom is -0.298 e. The second-order valence-electron chi connectivity index (χ2n) is 7.82. The van der Waals surface area contributed by atoms with Gasteiger partial charge in [0.2, 0.25) is 0 Å². The smallest absolute Gasteiger partial charge is 0.0534 e. The normalized spacial score (nSPS) is 25.8. The lowest BCUT2D eigenvalue weighted by Crippen LogP contribution is -2.44. The highest BCUT2D eigenvalue weighted by molar-refractivity contribution is 5.07. The fourth-order valence-corrected chi connectivity index (χ4v) is 4.56. The molecule has 6 nitrogen and oxygen atoms in total. The van der Waals surface area contributed by atoms with E-state index in [0.29, 0.717) is 5.41 Å². The van der Waals surface area contributed by atoms with Gasteiger partial charge in [0.05, 0.1) is 12.4 Å². The zero-order chi connectivity index (χ0) is 16.6. The molecule has 1 atom stereocenters. The largest absolute Gasteiger partial charge is 0.298 e. The molecule has 130 valence electrons. The summed E-state index contributed by atoms with van der Waals surface area (Å²) in [6.45, 7) is 6.97. The summed E-state index contributed by atoms with van der Waals surface area (Å²) in [5.41, 5.74) is 3.15. The van der Waals surface area contributed by atoms with Crippen molar-refractivity contribution in [1.82, 2.24) is 29.4 Å². The number of piperidine rings is 1. The SMILES string of the molecule is Cn1cc(CN2CCC[C@]3(CCN(Cc4cnn(C)c4)C3)C2)cn1. The number of hydrogen-bond acceptors (Lipinski definition) is 4. The van der Waals surface area contributed by atoms with Crippen LogP contribution in [0.5, 0.6) is 0 Å². The Morgan fingerprint density at radius 1 is 0.875 bits per heavy atom. The Morgan fingerprint density at radius 3 is 2.00 bits per heavy atom. The third-order valence-corrected chi connectivity index (χ3v) is 5.59. The maximum atomic E-state index is 4.31. The molecule has 0 saturated carbocycles. The van der Waals surface area contributed by atoms with E-state index in [-0.39, 0.29) is 0 Å². The van der Waals surface area contributed by atoms with Gasteiger partial charge in [0.25, 0.3) is 0 Å². The number of aryl methyl sites for hydroxylation is 2. The van der Waals surface area contributed by atoms with Crippen LogP contribution < -0.4 is 0 Å². The van der Waals surface area contributed by atoms with Crippen molar-refractivity contribution in [2.45, 2.75) is 32.4 Å². The Hall–Kier alpha value is -1.66. The van der Waals surface area contributed by atoms with Crippen LogP contribution in [0.2, 0.25) is 0 Å². The molecule has 0 N–H and O–H groups in total. The Labute approximate surface area is 144 Å². The maximum Gasteiger partial charge on any atom is 0.0534 e. The van der Waals surface area contributed by atoms with E-state index < -0.39 is 0 Å². The summed E-state index contributed by atoms with van der Waals surface area (Å²) in [4.78, 5) is 5.25. The van der Waals surface area contributed by atoms with Gasteiger partial charge in [-0.1, -0.05) is 0 Å². The van der Waals surface area contributed by atoms with Crippen molar-refractivity contribution in [1.29, 1.82) is 0 Å². The van der Waals surface area contributed by atoms with E-state index in [9.17, 15) is 0 Å². The number of aromatic nitrogens is 4. The first-order valence-electron chi connectivity index (χ1n) is 9.00.